The van der Waals surface area contributed by atoms with Crippen LogP contribution in [0, 0.1) is 0 Å². The van der Waals surface area contributed by atoms with Crippen LogP contribution in [0.4, 0.5) is 0 Å². The molecule has 1 aromatic rings. The van der Waals surface area contributed by atoms with Crippen LogP contribution < -0.4 is 5.32 Å². The number of amides is 1. The fraction of sp³-hybridized carbons (Fsp3) is 0.696. The van der Waals surface area contributed by atoms with Gasteiger partial charge in [0, 0.05) is 38.2 Å². The molecule has 6 nitrogen and oxygen atoms in total. The molecule has 0 radical (unpaired) electrons. The van der Waals surface area contributed by atoms with Crippen molar-refractivity contribution in [3.8, 4) is 0 Å². The van der Waals surface area contributed by atoms with E-state index in [0.29, 0.717) is 6.54 Å². The van der Waals surface area contributed by atoms with E-state index in [9.17, 15) is 9.90 Å². The highest BCUT2D eigenvalue weighted by molar-refractivity contribution is 5.84. The predicted octanol–water partition coefficient (Wildman–Crippen LogP) is 2.10. The van der Waals surface area contributed by atoms with Gasteiger partial charge in [-0.15, -0.1) is 0 Å². The lowest BCUT2D eigenvalue weighted by Crippen LogP contribution is -2.49. The Morgan fingerprint density at radius 3 is 2.55 bits per heavy atom. The van der Waals surface area contributed by atoms with Gasteiger partial charge in [-0.25, -0.2) is 0 Å². The van der Waals surface area contributed by atoms with Crippen molar-refractivity contribution >= 4 is 5.91 Å². The second-order valence-corrected chi connectivity index (χ2v) is 8.90. The lowest BCUT2D eigenvalue weighted by molar-refractivity contribution is -0.139. The van der Waals surface area contributed by atoms with Gasteiger partial charge in [0.15, 0.2) is 0 Å². The Kier molecular flexibility index (Phi) is 7.32. The summed E-state index contributed by atoms with van der Waals surface area (Å²) in [6.07, 6.45) is 3.03. The van der Waals surface area contributed by atoms with Crippen LogP contribution in [-0.2, 0) is 19.7 Å². The zero-order chi connectivity index (χ0) is 20.9. The molecule has 0 aromatic heterocycles. The number of carbonyl (C=O) groups excluding carboxylic acids is 1. The Morgan fingerprint density at radius 2 is 1.90 bits per heavy atom. The number of ether oxygens (including phenoxy) is 2. The van der Waals surface area contributed by atoms with Crippen LogP contribution >= 0.6 is 0 Å². The number of aliphatic hydroxyl groups excluding tert-OH is 1. The highest BCUT2D eigenvalue weighted by Crippen LogP contribution is 2.39. The number of nitrogens with zero attached hydrogens (tertiary/aromatic N) is 1. The van der Waals surface area contributed by atoms with Gasteiger partial charge in [-0.1, -0.05) is 30.3 Å². The molecule has 2 N–H and O–H groups in total. The maximum Gasteiger partial charge on any atom is 0.251 e. The van der Waals surface area contributed by atoms with Crippen molar-refractivity contribution in [2.24, 2.45) is 0 Å². The van der Waals surface area contributed by atoms with Gasteiger partial charge in [0.05, 0.1) is 19.3 Å². The Morgan fingerprint density at radius 1 is 1.24 bits per heavy atom. The molecule has 1 saturated heterocycles. The Balaban J connectivity index is 1.79. The quantitative estimate of drug-likeness (QED) is 0.711. The monoisotopic (exact) mass is 404 g/mol. The van der Waals surface area contributed by atoms with Gasteiger partial charge in [0.2, 0.25) is 0 Å². The highest BCUT2D eigenvalue weighted by atomic mass is 16.5. The molecule has 1 aliphatic heterocycles. The summed E-state index contributed by atoms with van der Waals surface area (Å²) in [7, 11) is 1.56. The third-order valence-electron chi connectivity index (χ3n) is 6.83. The Bertz CT molecular complexity index is 660. The van der Waals surface area contributed by atoms with Gasteiger partial charge in [0.25, 0.3) is 5.91 Å². The number of methoxy groups -OCH3 is 1. The van der Waals surface area contributed by atoms with Gasteiger partial charge in [-0.2, -0.15) is 0 Å². The van der Waals surface area contributed by atoms with Crippen LogP contribution in [0.2, 0.25) is 0 Å². The molecule has 1 aliphatic carbocycles. The van der Waals surface area contributed by atoms with Crippen molar-refractivity contribution in [2.45, 2.75) is 62.7 Å². The molecule has 162 valence electrons. The molecule has 0 unspecified atom stereocenters. The van der Waals surface area contributed by atoms with Gasteiger partial charge in [-0.05, 0) is 45.1 Å². The maximum atomic E-state index is 12.7. The topological polar surface area (TPSA) is 71.0 Å². The summed E-state index contributed by atoms with van der Waals surface area (Å²) in [5, 5.41) is 14.1. The van der Waals surface area contributed by atoms with Gasteiger partial charge in [-0.3, -0.25) is 9.69 Å². The van der Waals surface area contributed by atoms with Crippen LogP contribution in [0.15, 0.2) is 30.3 Å². The summed E-state index contributed by atoms with van der Waals surface area (Å²) in [5.41, 5.74) is 0.173. The van der Waals surface area contributed by atoms with Gasteiger partial charge < -0.3 is 19.9 Å². The number of rotatable bonds is 6. The molecule has 2 aliphatic rings. The summed E-state index contributed by atoms with van der Waals surface area (Å²) >= 11 is 0. The summed E-state index contributed by atoms with van der Waals surface area (Å²) in [4.78, 5) is 15.0. The first kappa shape index (κ1) is 22.2. The SMILES string of the molecule is COC(C)(C)C(=O)NC[C@]1(c2ccccc2)CC[C@H](O)[C@@H](N2CCOCC2)CC1. The summed E-state index contributed by atoms with van der Waals surface area (Å²) in [5.74, 6) is -0.107. The molecule has 0 bridgehead atoms. The third kappa shape index (κ3) is 5.18. The highest BCUT2D eigenvalue weighted by Gasteiger charge is 2.40. The van der Waals surface area contributed by atoms with E-state index in [1.54, 1.807) is 21.0 Å². The molecule has 3 atom stereocenters. The summed E-state index contributed by atoms with van der Waals surface area (Å²) in [6.45, 7) is 7.32. The number of morpholine rings is 1. The van der Waals surface area contributed by atoms with Gasteiger partial charge in [0.1, 0.15) is 5.60 Å². The van der Waals surface area contributed by atoms with Crippen molar-refractivity contribution in [1.82, 2.24) is 10.2 Å². The molecule has 0 spiro atoms. The number of aliphatic hydroxyl groups is 1. The molecular formula is C23H36N2O4. The Labute approximate surface area is 174 Å². The molecular weight excluding hydrogens is 368 g/mol. The number of hydrogen-bond donors (Lipinski definition) is 2. The van der Waals surface area contributed by atoms with E-state index >= 15 is 0 Å². The van der Waals surface area contributed by atoms with Crippen molar-refractivity contribution in [2.75, 3.05) is 40.0 Å². The van der Waals surface area contributed by atoms with Crippen molar-refractivity contribution in [1.29, 1.82) is 0 Å². The van der Waals surface area contributed by atoms with Crippen LogP contribution in [-0.4, -0.2) is 73.6 Å². The predicted molar refractivity (Wildman–Crippen MR) is 113 cm³/mol. The number of carbonyl (C=O) groups is 1. The minimum atomic E-state index is -0.863. The molecule has 6 heteroatoms. The van der Waals surface area contributed by atoms with Crippen molar-refractivity contribution in [3.05, 3.63) is 35.9 Å². The lowest BCUT2D eigenvalue weighted by atomic mass is 9.74. The van der Waals surface area contributed by atoms with Crippen LogP contribution in [0.3, 0.4) is 0 Å². The van der Waals surface area contributed by atoms with Crippen molar-refractivity contribution < 1.29 is 19.4 Å². The van der Waals surface area contributed by atoms with E-state index in [1.165, 1.54) is 5.56 Å². The minimum absolute atomic E-state index is 0.107. The average molecular weight is 405 g/mol. The first-order chi connectivity index (χ1) is 13.9. The molecule has 2 fully saturated rings. The first-order valence-electron chi connectivity index (χ1n) is 10.8. The second kappa shape index (κ2) is 9.56. The van der Waals surface area contributed by atoms with E-state index < -0.39 is 5.60 Å². The fourth-order valence-electron chi connectivity index (χ4n) is 4.61. The van der Waals surface area contributed by atoms with E-state index in [4.69, 9.17) is 9.47 Å². The van der Waals surface area contributed by atoms with E-state index in [1.807, 2.05) is 6.07 Å². The second-order valence-electron chi connectivity index (χ2n) is 8.90. The smallest absolute Gasteiger partial charge is 0.251 e. The normalized spacial score (nSPS) is 29.2. The molecule has 1 amide bonds. The van der Waals surface area contributed by atoms with Crippen LogP contribution in [0.1, 0.15) is 45.1 Å². The van der Waals surface area contributed by atoms with E-state index in [-0.39, 0.29) is 23.5 Å². The van der Waals surface area contributed by atoms with Crippen LogP contribution in [0.25, 0.3) is 0 Å². The fourth-order valence-corrected chi connectivity index (χ4v) is 4.61. The standard InChI is InChI=1S/C23H36N2O4/c1-22(2,28-3)21(27)24-17-23(18-7-5-4-6-8-18)11-9-19(20(26)10-12-23)25-13-15-29-16-14-25/h4-8,19-20,26H,9-17H2,1-3H3,(H,24,27)/t19-,20-,23+/m0/s1. The number of hydrogen-bond acceptors (Lipinski definition) is 5. The molecule has 29 heavy (non-hydrogen) atoms. The lowest BCUT2D eigenvalue weighted by Gasteiger charge is -2.37. The zero-order valence-corrected chi connectivity index (χ0v) is 18.0. The average Bonchev–Trinajstić information content (AvgIpc) is 2.93. The van der Waals surface area contributed by atoms with E-state index in [0.717, 1.165) is 52.0 Å². The first-order valence-corrected chi connectivity index (χ1v) is 10.8. The largest absolute Gasteiger partial charge is 0.391 e. The summed E-state index contributed by atoms with van der Waals surface area (Å²) in [6, 6.07) is 10.6. The van der Waals surface area contributed by atoms with E-state index in [2.05, 4.69) is 34.5 Å². The molecule has 1 heterocycles. The zero-order valence-electron chi connectivity index (χ0n) is 18.0. The molecule has 1 saturated carbocycles. The molecule has 1 aromatic carbocycles. The summed E-state index contributed by atoms with van der Waals surface area (Å²) < 4.78 is 10.8. The number of nitrogens with one attached hydrogen (secondary N) is 1. The third-order valence-corrected chi connectivity index (χ3v) is 6.83. The van der Waals surface area contributed by atoms with Crippen LogP contribution in [0.5, 0.6) is 0 Å². The molecule has 3 rings (SSSR count). The maximum absolute atomic E-state index is 12.7. The minimum Gasteiger partial charge on any atom is -0.391 e. The Hall–Kier alpha value is -1.47. The van der Waals surface area contributed by atoms with Crippen molar-refractivity contribution in [3.63, 3.8) is 0 Å². The number of benzene rings is 1. The van der Waals surface area contributed by atoms with Gasteiger partial charge >= 0.3 is 0 Å².